The molecule has 4 nitrogen and oxygen atoms in total. The van der Waals surface area contributed by atoms with Crippen LogP contribution in [0.25, 0.3) is 22.3 Å². The second-order valence-corrected chi connectivity index (χ2v) is 32.2. The molecule has 4 aliphatic carbocycles. The number of ketones is 4. The van der Waals surface area contributed by atoms with Crippen molar-refractivity contribution in [1.29, 1.82) is 0 Å². The minimum atomic E-state index is -0.0883. The predicted molar refractivity (Wildman–Crippen MR) is 414 cm³/mol. The van der Waals surface area contributed by atoms with E-state index >= 15 is 0 Å². The van der Waals surface area contributed by atoms with Gasteiger partial charge in [-0.25, -0.2) is 0 Å². The quantitative estimate of drug-likeness (QED) is 0.0587. The van der Waals surface area contributed by atoms with Crippen LogP contribution in [0.4, 0.5) is 0 Å². The molecule has 0 amide bonds. The summed E-state index contributed by atoms with van der Waals surface area (Å²) < 4.78 is 0. The Hall–Kier alpha value is -7.72. The van der Waals surface area contributed by atoms with Crippen molar-refractivity contribution >= 4 is 70.2 Å². The van der Waals surface area contributed by atoms with E-state index in [2.05, 4.69) is 173 Å². The van der Waals surface area contributed by atoms with Crippen LogP contribution >= 0.6 is 47.0 Å². The Kier molecular flexibility index (Phi) is 23.4. The van der Waals surface area contributed by atoms with Crippen LogP contribution in [0, 0.1) is 18.8 Å². The second-order valence-electron chi connectivity index (χ2n) is 27.7. The summed E-state index contributed by atoms with van der Waals surface area (Å²) >= 11 is 6.21. The zero-order valence-corrected chi connectivity index (χ0v) is 61.1. The van der Waals surface area contributed by atoms with Gasteiger partial charge in [-0.1, -0.05) is 277 Å². The number of aryl methyl sites for hydroxylation is 2. The maximum Gasteiger partial charge on any atom is 0.195 e. The van der Waals surface area contributed by atoms with Crippen molar-refractivity contribution in [2.24, 2.45) is 11.8 Å². The van der Waals surface area contributed by atoms with E-state index in [1.165, 1.54) is 172 Å². The molecule has 99 heavy (non-hydrogen) atoms. The fraction of sp³-hybridized carbons (Fsp3) is 0.297. The summed E-state index contributed by atoms with van der Waals surface area (Å²) in [6.45, 7) is 8.89. The molecule has 0 unspecified atom stereocenters. The number of carbonyl (C=O) groups excluding carboxylic acids is 4. The van der Waals surface area contributed by atoms with Crippen LogP contribution in [0.2, 0.25) is 0 Å². The molecule has 2 saturated carbocycles. The number of fused-ring (bicyclic) bond motifs is 4. The van der Waals surface area contributed by atoms with Gasteiger partial charge in [0.25, 0.3) is 0 Å². The summed E-state index contributed by atoms with van der Waals surface area (Å²) in [5.41, 5.74) is 14.3. The summed E-state index contributed by atoms with van der Waals surface area (Å²) in [6, 6.07) is 75.0. The summed E-state index contributed by atoms with van der Waals surface area (Å²) in [4.78, 5) is 63.6. The number of hydrogen-bond donors (Lipinski definition) is 0. The van der Waals surface area contributed by atoms with Gasteiger partial charge in [-0.2, -0.15) is 0 Å². The van der Waals surface area contributed by atoms with Crippen LogP contribution in [0.1, 0.15) is 234 Å². The van der Waals surface area contributed by atoms with Crippen LogP contribution in [-0.4, -0.2) is 23.1 Å². The van der Waals surface area contributed by atoms with Gasteiger partial charge in [-0.05, 0) is 207 Å². The first kappa shape index (κ1) is 69.7. The van der Waals surface area contributed by atoms with Gasteiger partial charge in [0, 0.05) is 83.7 Å². The molecule has 0 N–H and O–H groups in total. The first-order valence-corrected chi connectivity index (χ1v) is 39.8. The van der Waals surface area contributed by atoms with E-state index < -0.39 is 0 Å². The van der Waals surface area contributed by atoms with Gasteiger partial charge in [-0.15, -0.1) is 0 Å². The Morgan fingerprint density at radius 3 is 0.960 bits per heavy atom. The van der Waals surface area contributed by atoms with Crippen molar-refractivity contribution in [3.05, 3.63) is 285 Å². The monoisotopic (exact) mass is 1370 g/mol. The van der Waals surface area contributed by atoms with Crippen molar-refractivity contribution in [2.45, 2.75) is 201 Å². The van der Waals surface area contributed by atoms with Crippen LogP contribution < -0.4 is 0 Å². The lowest BCUT2D eigenvalue weighted by molar-refractivity contribution is 0.0974. The maximum atomic E-state index is 14.1. The lowest BCUT2D eigenvalue weighted by atomic mass is 9.77. The summed E-state index contributed by atoms with van der Waals surface area (Å²) in [6.07, 6.45) is 25.0. The molecule has 0 aromatic heterocycles. The van der Waals surface area contributed by atoms with E-state index in [0.29, 0.717) is 56.3 Å². The highest BCUT2D eigenvalue weighted by atomic mass is 32.2. The predicted octanol–water partition coefficient (Wildman–Crippen LogP) is 26.2. The maximum absolute atomic E-state index is 14.1. The molecule has 14 rings (SSSR count). The molecular formula is C91H90O4S4. The highest BCUT2D eigenvalue weighted by molar-refractivity contribution is 8.00. The summed E-state index contributed by atoms with van der Waals surface area (Å²) in [5, 5.41) is 0. The molecule has 10 aromatic rings. The smallest absolute Gasteiger partial charge is 0.195 e. The van der Waals surface area contributed by atoms with Crippen LogP contribution in [-0.2, 0) is 6.42 Å². The topological polar surface area (TPSA) is 68.3 Å². The fourth-order valence-corrected chi connectivity index (χ4v) is 19.1. The number of hydrogen-bond acceptors (Lipinski definition) is 8. The van der Waals surface area contributed by atoms with E-state index in [1.807, 2.05) is 48.5 Å². The largest absolute Gasteiger partial charge is 0.289 e. The number of rotatable bonds is 23. The molecule has 0 aliphatic heterocycles. The molecule has 0 bridgehead atoms. The van der Waals surface area contributed by atoms with Crippen molar-refractivity contribution in [2.75, 3.05) is 0 Å². The first-order valence-electron chi connectivity index (χ1n) is 36.5. The van der Waals surface area contributed by atoms with Gasteiger partial charge >= 0.3 is 0 Å². The second kappa shape index (κ2) is 33.2. The molecule has 502 valence electrons. The van der Waals surface area contributed by atoms with Crippen LogP contribution in [0.3, 0.4) is 0 Å². The van der Waals surface area contributed by atoms with Gasteiger partial charge in [0.2, 0.25) is 0 Å². The standard InChI is InChI=1S/C49H52O2S2.C42H38O2S2/c1-3-5-7-9-13-35-18-28-40(29-19-35)52-44-32-33-45(47-46(44)48(50)42-14-10-11-15-43(42)49(47)51)53-41-30-26-39(27-31-41)38-24-22-37(23-25-38)36-20-16-34(17-21-36)12-8-6-4-2;1-3-6-28-11-13-29(14-12-28)30-15-17-31(18-16-30)32-19-23-34(24-20-32)46-38-26-25-37(45-33-21-9-27(2)10-22-33)39-40(38)42(44)36-8-5-4-7-35(36)41(39)43/h10-11,14-15,18-19,22-34,36H,3-9,12-13,16-17,20-21H2,1-2H3;4-5,7-10,15-26,28-29H,3,6,11-14H2,1-2H3. The Morgan fingerprint density at radius 1 is 0.303 bits per heavy atom. The van der Waals surface area contributed by atoms with E-state index in [0.717, 1.165) is 57.4 Å². The Balaban J connectivity index is 0.000000179. The first-order chi connectivity index (χ1) is 48.5. The molecule has 8 heteroatoms. The number of benzene rings is 10. The number of carbonyl (C=O) groups is 4. The SMILES string of the molecule is CCCC1CCC(c2ccc(-c3ccc(Sc4ccc(Sc5ccc(C)cc5)c5c4C(=O)c4ccccc4C5=O)cc3)cc2)CC1.CCCCCCc1ccc(Sc2ccc(Sc3ccc(-c4ccc(C5CCC(CCCCC)CC5)cc4)cc3)c3c2C(=O)c2ccccc2C3=O)cc1. The van der Waals surface area contributed by atoms with Crippen molar-refractivity contribution < 1.29 is 19.2 Å². The molecule has 4 aliphatic rings. The normalized spacial score (nSPS) is 17.1. The number of unbranched alkanes of at least 4 members (excludes halogenated alkanes) is 5. The third kappa shape index (κ3) is 16.5. The Bertz CT molecular complexity index is 4460. The summed E-state index contributed by atoms with van der Waals surface area (Å²) in [7, 11) is 0. The molecule has 0 radical (unpaired) electrons. The van der Waals surface area contributed by atoms with Gasteiger partial charge in [-0.3, -0.25) is 19.2 Å². The van der Waals surface area contributed by atoms with Crippen molar-refractivity contribution in [1.82, 2.24) is 0 Å². The Labute approximate surface area is 604 Å². The average Bonchev–Trinajstić information content (AvgIpc) is 0.747. The van der Waals surface area contributed by atoms with E-state index in [4.69, 9.17) is 0 Å². The van der Waals surface area contributed by atoms with Crippen LogP contribution in [0.15, 0.2) is 258 Å². The van der Waals surface area contributed by atoms with E-state index in [9.17, 15) is 19.2 Å². The van der Waals surface area contributed by atoms with Crippen molar-refractivity contribution in [3.63, 3.8) is 0 Å². The third-order valence-corrected chi connectivity index (χ3v) is 25.2. The molecule has 0 atom stereocenters. The van der Waals surface area contributed by atoms with Gasteiger partial charge in [0.1, 0.15) is 0 Å². The molecule has 0 heterocycles. The highest BCUT2D eigenvalue weighted by Gasteiger charge is 2.36. The zero-order chi connectivity index (χ0) is 68.2. The minimum absolute atomic E-state index is 0.0773. The molecule has 2 fully saturated rings. The average molecular weight is 1380 g/mol. The van der Waals surface area contributed by atoms with Crippen LogP contribution in [0.5, 0.6) is 0 Å². The molecule has 0 saturated heterocycles. The van der Waals surface area contributed by atoms with Gasteiger partial charge in [0.15, 0.2) is 23.1 Å². The van der Waals surface area contributed by atoms with E-state index in [-0.39, 0.29) is 23.1 Å². The molecule has 0 spiro atoms. The lowest BCUT2D eigenvalue weighted by Gasteiger charge is -2.29. The summed E-state index contributed by atoms with van der Waals surface area (Å²) in [5.74, 6) is 2.90. The third-order valence-electron chi connectivity index (χ3n) is 20.9. The fourth-order valence-electron chi connectivity index (χ4n) is 15.2. The Morgan fingerprint density at radius 2 is 0.616 bits per heavy atom. The van der Waals surface area contributed by atoms with E-state index in [1.54, 1.807) is 59.6 Å². The van der Waals surface area contributed by atoms with Gasteiger partial charge in [0.05, 0.1) is 0 Å². The highest BCUT2D eigenvalue weighted by Crippen LogP contribution is 2.47. The minimum Gasteiger partial charge on any atom is -0.289 e. The lowest BCUT2D eigenvalue weighted by Crippen LogP contribution is -2.22. The van der Waals surface area contributed by atoms with Gasteiger partial charge < -0.3 is 0 Å². The van der Waals surface area contributed by atoms with Crippen molar-refractivity contribution in [3.8, 4) is 22.3 Å². The zero-order valence-electron chi connectivity index (χ0n) is 57.8. The molecular weight excluding hydrogens is 1290 g/mol. The molecule has 10 aromatic carbocycles.